The minimum Gasteiger partial charge on any atom is -0.326 e. The molecule has 3 nitrogen and oxygen atoms in total. The maximum Gasteiger partial charge on any atom is 0.224 e. The number of carbonyl (C=O) groups excluding carboxylic acids is 1. The summed E-state index contributed by atoms with van der Waals surface area (Å²) in [5, 5.41) is 9.50. The van der Waals surface area contributed by atoms with Crippen molar-refractivity contribution in [2.75, 3.05) is 11.9 Å². The second-order valence-corrected chi connectivity index (χ2v) is 5.88. The van der Waals surface area contributed by atoms with Gasteiger partial charge in [0.25, 0.3) is 0 Å². The second kappa shape index (κ2) is 6.68. The first kappa shape index (κ1) is 14.0. The molecule has 19 heavy (non-hydrogen) atoms. The van der Waals surface area contributed by atoms with Gasteiger partial charge in [-0.2, -0.15) is 0 Å². The van der Waals surface area contributed by atoms with Gasteiger partial charge in [0.05, 0.1) is 0 Å². The highest BCUT2D eigenvalue weighted by Crippen LogP contribution is 2.24. The molecule has 0 bridgehead atoms. The SMILES string of the molecule is CC(C)NCCCC(=O)Nc1ccc2sccc2c1. The van der Waals surface area contributed by atoms with Crippen molar-refractivity contribution in [1.29, 1.82) is 0 Å². The van der Waals surface area contributed by atoms with Gasteiger partial charge < -0.3 is 10.6 Å². The molecule has 0 saturated carbocycles. The van der Waals surface area contributed by atoms with Crippen molar-refractivity contribution in [3.05, 3.63) is 29.6 Å². The number of rotatable bonds is 6. The summed E-state index contributed by atoms with van der Waals surface area (Å²) in [6, 6.07) is 8.58. The van der Waals surface area contributed by atoms with E-state index in [1.165, 1.54) is 10.1 Å². The largest absolute Gasteiger partial charge is 0.326 e. The molecule has 2 rings (SSSR count). The van der Waals surface area contributed by atoms with E-state index in [0.29, 0.717) is 12.5 Å². The number of hydrogen-bond acceptors (Lipinski definition) is 3. The van der Waals surface area contributed by atoms with Gasteiger partial charge in [-0.15, -0.1) is 11.3 Å². The molecule has 1 amide bonds. The van der Waals surface area contributed by atoms with Gasteiger partial charge in [-0.05, 0) is 48.0 Å². The fraction of sp³-hybridized carbons (Fsp3) is 0.400. The zero-order valence-electron chi connectivity index (χ0n) is 11.4. The van der Waals surface area contributed by atoms with Gasteiger partial charge in [0.1, 0.15) is 0 Å². The summed E-state index contributed by atoms with van der Waals surface area (Å²) in [7, 11) is 0. The summed E-state index contributed by atoms with van der Waals surface area (Å²) in [5.41, 5.74) is 0.882. The highest BCUT2D eigenvalue weighted by Gasteiger charge is 2.03. The Hall–Kier alpha value is -1.39. The number of anilines is 1. The molecule has 4 heteroatoms. The molecule has 0 spiro atoms. The maximum absolute atomic E-state index is 11.8. The molecule has 0 radical (unpaired) electrons. The van der Waals surface area contributed by atoms with Crippen molar-refractivity contribution >= 4 is 33.0 Å². The van der Waals surface area contributed by atoms with E-state index in [1.807, 2.05) is 12.1 Å². The second-order valence-electron chi connectivity index (χ2n) is 4.93. The predicted octanol–water partition coefficient (Wildman–Crippen LogP) is 3.62. The van der Waals surface area contributed by atoms with E-state index in [9.17, 15) is 4.79 Å². The predicted molar refractivity (Wildman–Crippen MR) is 82.8 cm³/mol. The molecule has 2 aromatic rings. The third kappa shape index (κ3) is 4.33. The van der Waals surface area contributed by atoms with Gasteiger partial charge in [0.2, 0.25) is 5.91 Å². The van der Waals surface area contributed by atoms with Gasteiger partial charge >= 0.3 is 0 Å². The zero-order chi connectivity index (χ0) is 13.7. The maximum atomic E-state index is 11.8. The molecule has 1 aromatic carbocycles. The average Bonchev–Trinajstić information content (AvgIpc) is 2.82. The lowest BCUT2D eigenvalue weighted by Gasteiger charge is -2.08. The van der Waals surface area contributed by atoms with Gasteiger partial charge in [-0.1, -0.05) is 13.8 Å². The third-order valence-electron chi connectivity index (χ3n) is 2.87. The topological polar surface area (TPSA) is 41.1 Å². The fourth-order valence-corrected chi connectivity index (χ4v) is 2.68. The standard InChI is InChI=1S/C15H20N2OS/c1-11(2)16-8-3-4-15(18)17-13-5-6-14-12(10-13)7-9-19-14/h5-7,9-11,16H,3-4,8H2,1-2H3,(H,17,18). The van der Waals surface area contributed by atoms with E-state index in [0.717, 1.165) is 18.7 Å². The summed E-state index contributed by atoms with van der Waals surface area (Å²) in [5.74, 6) is 0.0835. The smallest absolute Gasteiger partial charge is 0.224 e. The number of thiophene rings is 1. The molecular weight excluding hydrogens is 256 g/mol. The Balaban J connectivity index is 1.81. The first-order valence-electron chi connectivity index (χ1n) is 6.65. The molecule has 102 valence electrons. The molecule has 0 atom stereocenters. The number of benzene rings is 1. The fourth-order valence-electron chi connectivity index (χ4n) is 1.91. The Labute approximate surface area is 118 Å². The van der Waals surface area contributed by atoms with E-state index < -0.39 is 0 Å². The quantitative estimate of drug-likeness (QED) is 0.791. The van der Waals surface area contributed by atoms with Crippen molar-refractivity contribution in [3.63, 3.8) is 0 Å². The molecule has 0 aliphatic carbocycles. The van der Waals surface area contributed by atoms with Crippen LogP contribution in [0.25, 0.3) is 10.1 Å². The van der Waals surface area contributed by atoms with Gasteiger partial charge in [-0.3, -0.25) is 4.79 Å². The number of amides is 1. The summed E-state index contributed by atoms with van der Waals surface area (Å²) < 4.78 is 1.25. The molecule has 1 aromatic heterocycles. The lowest BCUT2D eigenvalue weighted by molar-refractivity contribution is -0.116. The van der Waals surface area contributed by atoms with E-state index in [-0.39, 0.29) is 5.91 Å². The van der Waals surface area contributed by atoms with Crippen LogP contribution >= 0.6 is 11.3 Å². The van der Waals surface area contributed by atoms with E-state index in [2.05, 4.69) is 42.0 Å². The van der Waals surface area contributed by atoms with Crippen LogP contribution < -0.4 is 10.6 Å². The Kier molecular flexibility index (Phi) is 4.93. The van der Waals surface area contributed by atoms with Gasteiger partial charge in [-0.25, -0.2) is 0 Å². The average molecular weight is 276 g/mol. The number of carbonyl (C=O) groups is 1. The van der Waals surface area contributed by atoms with Crippen molar-refractivity contribution < 1.29 is 4.79 Å². The summed E-state index contributed by atoms with van der Waals surface area (Å²) >= 11 is 1.71. The molecule has 0 unspecified atom stereocenters. The molecule has 0 fully saturated rings. The molecule has 0 aliphatic rings. The Morgan fingerprint density at radius 1 is 1.32 bits per heavy atom. The third-order valence-corrected chi connectivity index (χ3v) is 3.77. The minimum atomic E-state index is 0.0835. The minimum absolute atomic E-state index is 0.0835. The molecule has 2 N–H and O–H groups in total. The van der Waals surface area contributed by atoms with Crippen LogP contribution in [0, 0.1) is 0 Å². The van der Waals surface area contributed by atoms with Crippen LogP contribution in [0.5, 0.6) is 0 Å². The first-order chi connectivity index (χ1) is 9.15. The van der Waals surface area contributed by atoms with E-state index in [1.54, 1.807) is 11.3 Å². The first-order valence-corrected chi connectivity index (χ1v) is 7.53. The van der Waals surface area contributed by atoms with E-state index >= 15 is 0 Å². The van der Waals surface area contributed by atoms with Crippen LogP contribution in [0.1, 0.15) is 26.7 Å². The number of nitrogens with one attached hydrogen (secondary N) is 2. The van der Waals surface area contributed by atoms with Crippen molar-refractivity contribution in [2.45, 2.75) is 32.7 Å². The molecule has 0 aliphatic heterocycles. The molecular formula is C15H20N2OS. The highest BCUT2D eigenvalue weighted by atomic mass is 32.1. The Morgan fingerprint density at radius 3 is 2.95 bits per heavy atom. The van der Waals surface area contributed by atoms with Crippen LogP contribution in [-0.2, 0) is 4.79 Å². The normalized spacial score (nSPS) is 11.1. The Morgan fingerprint density at radius 2 is 2.16 bits per heavy atom. The van der Waals surface area contributed by atoms with Crippen molar-refractivity contribution in [3.8, 4) is 0 Å². The lowest BCUT2D eigenvalue weighted by atomic mass is 10.2. The molecule has 1 heterocycles. The highest BCUT2D eigenvalue weighted by molar-refractivity contribution is 7.17. The van der Waals surface area contributed by atoms with E-state index in [4.69, 9.17) is 0 Å². The van der Waals surface area contributed by atoms with Crippen LogP contribution in [0.15, 0.2) is 29.6 Å². The van der Waals surface area contributed by atoms with Gasteiger partial charge in [0.15, 0.2) is 0 Å². The number of hydrogen-bond donors (Lipinski definition) is 2. The van der Waals surface area contributed by atoms with Crippen molar-refractivity contribution in [1.82, 2.24) is 5.32 Å². The van der Waals surface area contributed by atoms with Crippen molar-refractivity contribution in [2.24, 2.45) is 0 Å². The molecule has 0 saturated heterocycles. The van der Waals surface area contributed by atoms with Gasteiger partial charge in [0, 0.05) is 22.8 Å². The van der Waals surface area contributed by atoms with Crippen LogP contribution in [-0.4, -0.2) is 18.5 Å². The summed E-state index contributed by atoms with van der Waals surface area (Å²) in [4.78, 5) is 11.8. The lowest BCUT2D eigenvalue weighted by Crippen LogP contribution is -2.24. The van der Waals surface area contributed by atoms with Crippen LogP contribution in [0.2, 0.25) is 0 Å². The van der Waals surface area contributed by atoms with Crippen LogP contribution in [0.3, 0.4) is 0 Å². The zero-order valence-corrected chi connectivity index (χ0v) is 12.2. The summed E-state index contributed by atoms with van der Waals surface area (Å²) in [6.07, 6.45) is 1.42. The van der Waals surface area contributed by atoms with Crippen LogP contribution in [0.4, 0.5) is 5.69 Å². The summed E-state index contributed by atoms with van der Waals surface area (Å²) in [6.45, 7) is 5.10. The Bertz CT molecular complexity index is 548. The number of fused-ring (bicyclic) bond motifs is 1. The monoisotopic (exact) mass is 276 g/mol.